The van der Waals surface area contributed by atoms with E-state index in [2.05, 4.69) is 6.92 Å². The first-order chi connectivity index (χ1) is 17.1. The van der Waals surface area contributed by atoms with Crippen molar-refractivity contribution in [3.8, 4) is 0 Å². The summed E-state index contributed by atoms with van der Waals surface area (Å²) in [5, 5.41) is 9.60. The van der Waals surface area contributed by atoms with Crippen LogP contribution >= 0.6 is 0 Å². The monoisotopic (exact) mass is 490 g/mol. The van der Waals surface area contributed by atoms with E-state index in [-0.39, 0.29) is 12.6 Å². The molecule has 0 aromatic heterocycles. The summed E-state index contributed by atoms with van der Waals surface area (Å²) in [6.07, 6.45) is 18.6. The molecule has 0 aliphatic rings. The van der Waals surface area contributed by atoms with E-state index < -0.39 is 24.6 Å². The number of hydrogen-bond acceptors (Lipinski definition) is 5. The van der Waals surface area contributed by atoms with E-state index in [1.165, 1.54) is 77.0 Å². The molecule has 35 heavy (non-hydrogen) atoms. The molecule has 0 spiro atoms. The highest BCUT2D eigenvalue weighted by molar-refractivity contribution is 5.74. The zero-order valence-corrected chi connectivity index (χ0v) is 22.3. The zero-order valence-electron chi connectivity index (χ0n) is 22.3. The van der Waals surface area contributed by atoms with Crippen LogP contribution in [0.25, 0.3) is 0 Å². The average Bonchev–Trinajstić information content (AvgIpc) is 2.88. The van der Waals surface area contributed by atoms with Gasteiger partial charge in [-0.25, -0.2) is 0 Å². The molecule has 0 saturated heterocycles. The topological polar surface area (TPSA) is 72.8 Å². The highest BCUT2D eigenvalue weighted by Crippen LogP contribution is 2.16. The average molecular weight is 491 g/mol. The number of unbranched alkanes of at least 4 members (excludes halogenated alkanes) is 14. The van der Waals surface area contributed by atoms with Crippen LogP contribution in [0.1, 0.15) is 122 Å². The third-order valence-electron chi connectivity index (χ3n) is 6.60. The lowest BCUT2D eigenvalue weighted by atomic mass is 10.0. The molecule has 5 heteroatoms. The van der Waals surface area contributed by atoms with E-state index in [0.717, 1.165) is 24.8 Å². The molecule has 1 N–H and O–H groups in total. The SMILES string of the molecule is CCCCCCCCCCCCCCCCCC(=O)OC(CO)C(C)C(=O)OCc1ccccc1. The van der Waals surface area contributed by atoms with E-state index in [4.69, 9.17) is 9.47 Å². The number of aliphatic hydroxyl groups is 1. The largest absolute Gasteiger partial charge is 0.461 e. The van der Waals surface area contributed by atoms with Crippen LogP contribution in [0, 0.1) is 5.92 Å². The van der Waals surface area contributed by atoms with Gasteiger partial charge >= 0.3 is 11.9 Å². The molecule has 5 nitrogen and oxygen atoms in total. The number of carbonyl (C=O) groups excluding carboxylic acids is 2. The highest BCUT2D eigenvalue weighted by Gasteiger charge is 2.28. The van der Waals surface area contributed by atoms with Gasteiger partial charge in [0, 0.05) is 6.42 Å². The summed E-state index contributed by atoms with van der Waals surface area (Å²) >= 11 is 0. The summed E-state index contributed by atoms with van der Waals surface area (Å²) in [6, 6.07) is 9.40. The lowest BCUT2D eigenvalue weighted by Crippen LogP contribution is -2.34. The van der Waals surface area contributed by atoms with Crippen molar-refractivity contribution in [2.45, 2.75) is 129 Å². The molecule has 0 amide bonds. The molecular formula is C30H50O5. The van der Waals surface area contributed by atoms with Gasteiger partial charge in [0.1, 0.15) is 12.7 Å². The second kappa shape index (κ2) is 21.4. The molecule has 0 bridgehead atoms. The van der Waals surface area contributed by atoms with Crippen molar-refractivity contribution in [2.24, 2.45) is 5.92 Å². The van der Waals surface area contributed by atoms with Crippen LogP contribution in [0.2, 0.25) is 0 Å². The number of hydrogen-bond donors (Lipinski definition) is 1. The van der Waals surface area contributed by atoms with Crippen molar-refractivity contribution >= 4 is 11.9 Å². The Morgan fingerprint density at radius 1 is 0.771 bits per heavy atom. The molecule has 1 rings (SSSR count). The predicted molar refractivity (Wildman–Crippen MR) is 142 cm³/mol. The van der Waals surface area contributed by atoms with Crippen molar-refractivity contribution in [3.63, 3.8) is 0 Å². The van der Waals surface area contributed by atoms with Gasteiger partial charge in [0.25, 0.3) is 0 Å². The third-order valence-corrected chi connectivity index (χ3v) is 6.60. The van der Waals surface area contributed by atoms with Crippen LogP contribution in [0.4, 0.5) is 0 Å². The van der Waals surface area contributed by atoms with Gasteiger partial charge in [-0.05, 0) is 18.9 Å². The Bertz CT molecular complexity index is 645. The second-order valence-corrected chi connectivity index (χ2v) is 9.79. The minimum atomic E-state index is -0.873. The Morgan fingerprint density at radius 3 is 1.74 bits per heavy atom. The van der Waals surface area contributed by atoms with Gasteiger partial charge in [0.2, 0.25) is 0 Å². The minimum Gasteiger partial charge on any atom is -0.461 e. The molecule has 0 aliphatic heterocycles. The van der Waals surface area contributed by atoms with Gasteiger partial charge in [-0.2, -0.15) is 0 Å². The normalized spacial score (nSPS) is 12.8. The van der Waals surface area contributed by atoms with Crippen molar-refractivity contribution in [2.75, 3.05) is 6.61 Å². The van der Waals surface area contributed by atoms with Crippen molar-refractivity contribution < 1.29 is 24.2 Å². The van der Waals surface area contributed by atoms with E-state index in [0.29, 0.717) is 6.42 Å². The smallest absolute Gasteiger partial charge is 0.312 e. The summed E-state index contributed by atoms with van der Waals surface area (Å²) in [6.45, 7) is 3.65. The first-order valence-electron chi connectivity index (χ1n) is 14.1. The Kier molecular flexibility index (Phi) is 19.1. The Labute approximate surface area is 214 Å². The number of rotatable bonds is 22. The number of carbonyl (C=O) groups is 2. The Morgan fingerprint density at radius 2 is 1.26 bits per heavy atom. The lowest BCUT2D eigenvalue weighted by molar-refractivity contribution is -0.164. The summed E-state index contributed by atoms with van der Waals surface area (Å²) in [5.41, 5.74) is 0.888. The van der Waals surface area contributed by atoms with Crippen LogP contribution in [0.15, 0.2) is 30.3 Å². The summed E-state index contributed by atoms with van der Waals surface area (Å²) < 4.78 is 10.7. The van der Waals surface area contributed by atoms with Crippen LogP contribution in [-0.4, -0.2) is 29.8 Å². The Hall–Kier alpha value is -1.88. The fraction of sp³-hybridized carbons (Fsp3) is 0.733. The maximum Gasteiger partial charge on any atom is 0.312 e. The first kappa shape index (κ1) is 31.2. The van der Waals surface area contributed by atoms with Crippen LogP contribution < -0.4 is 0 Å². The van der Waals surface area contributed by atoms with Gasteiger partial charge in [0.15, 0.2) is 0 Å². The van der Waals surface area contributed by atoms with Crippen LogP contribution in [-0.2, 0) is 25.7 Å². The van der Waals surface area contributed by atoms with E-state index >= 15 is 0 Å². The first-order valence-corrected chi connectivity index (χ1v) is 14.1. The molecule has 0 saturated carbocycles. The molecule has 0 aliphatic carbocycles. The Balaban J connectivity index is 2.01. The second-order valence-electron chi connectivity index (χ2n) is 9.79. The van der Waals surface area contributed by atoms with E-state index in [9.17, 15) is 14.7 Å². The van der Waals surface area contributed by atoms with Gasteiger partial charge < -0.3 is 14.6 Å². The molecule has 1 aromatic rings. The van der Waals surface area contributed by atoms with Crippen molar-refractivity contribution in [1.29, 1.82) is 0 Å². The van der Waals surface area contributed by atoms with Gasteiger partial charge in [-0.3, -0.25) is 9.59 Å². The maximum absolute atomic E-state index is 12.3. The van der Waals surface area contributed by atoms with Crippen molar-refractivity contribution in [1.82, 2.24) is 0 Å². The summed E-state index contributed by atoms with van der Waals surface area (Å²) in [5.74, 6) is -1.55. The van der Waals surface area contributed by atoms with Crippen LogP contribution in [0.3, 0.4) is 0 Å². The van der Waals surface area contributed by atoms with Gasteiger partial charge in [-0.1, -0.05) is 127 Å². The number of esters is 2. The molecule has 2 unspecified atom stereocenters. The molecule has 0 heterocycles. The zero-order chi connectivity index (χ0) is 25.6. The third kappa shape index (κ3) is 16.4. The van der Waals surface area contributed by atoms with Gasteiger partial charge in [-0.15, -0.1) is 0 Å². The van der Waals surface area contributed by atoms with E-state index in [1.807, 2.05) is 30.3 Å². The summed E-state index contributed by atoms with van der Waals surface area (Å²) in [4.78, 5) is 24.4. The number of aliphatic hydroxyl groups excluding tert-OH is 1. The highest BCUT2D eigenvalue weighted by atomic mass is 16.6. The number of benzene rings is 1. The fourth-order valence-corrected chi connectivity index (χ4v) is 4.18. The molecule has 2 atom stereocenters. The predicted octanol–water partition coefficient (Wildman–Crippen LogP) is 7.53. The minimum absolute atomic E-state index is 0.162. The molecule has 1 aromatic carbocycles. The lowest BCUT2D eigenvalue weighted by Gasteiger charge is -2.21. The fourth-order valence-electron chi connectivity index (χ4n) is 4.18. The maximum atomic E-state index is 12.3. The van der Waals surface area contributed by atoms with Gasteiger partial charge in [0.05, 0.1) is 12.5 Å². The summed E-state index contributed by atoms with van der Waals surface area (Å²) in [7, 11) is 0. The van der Waals surface area contributed by atoms with E-state index in [1.54, 1.807) is 6.92 Å². The molecule has 200 valence electrons. The van der Waals surface area contributed by atoms with Crippen LogP contribution in [0.5, 0.6) is 0 Å². The van der Waals surface area contributed by atoms with Crippen molar-refractivity contribution in [3.05, 3.63) is 35.9 Å². The molecule has 0 fully saturated rings. The quantitative estimate of drug-likeness (QED) is 0.134. The number of ether oxygens (including phenoxy) is 2. The standard InChI is InChI=1S/C30H50O5/c1-3-4-5-6-7-8-9-10-11-12-13-14-15-16-20-23-29(32)35-28(24-31)26(2)30(33)34-25-27-21-18-17-19-22-27/h17-19,21-22,26,28,31H,3-16,20,23-25H2,1-2H3. The molecular weight excluding hydrogens is 440 g/mol. The molecule has 0 radical (unpaired) electrons.